The summed E-state index contributed by atoms with van der Waals surface area (Å²) in [6.07, 6.45) is 0. The van der Waals surface area contributed by atoms with Crippen molar-refractivity contribution in [2.24, 2.45) is 0 Å². The topological polar surface area (TPSA) is 173 Å². The minimum atomic E-state index is -1.40. The molecule has 0 saturated heterocycles. The molecule has 0 spiro atoms. The molecule has 0 aliphatic carbocycles. The first-order valence-electron chi connectivity index (χ1n) is 6.56. The SMILES string of the molecule is COC(=O)c1cccc(N)c1O.O=C(O)c1cccc([N+](=O)[O-])c1O. The molecule has 0 fully saturated rings. The smallest absolute Gasteiger partial charge is 0.341 e. The molecule has 0 bridgehead atoms. The van der Waals surface area contributed by atoms with Crippen LogP contribution in [0.25, 0.3) is 0 Å². The summed E-state index contributed by atoms with van der Waals surface area (Å²) in [7, 11) is 1.24. The number of aromatic hydroxyl groups is 2. The van der Waals surface area contributed by atoms with Gasteiger partial charge < -0.3 is 25.8 Å². The van der Waals surface area contributed by atoms with Crippen molar-refractivity contribution in [1.29, 1.82) is 0 Å². The van der Waals surface area contributed by atoms with Crippen molar-refractivity contribution in [3.05, 3.63) is 57.6 Å². The number of nitro groups is 1. The van der Waals surface area contributed by atoms with E-state index in [0.29, 0.717) is 0 Å². The molecule has 10 heteroatoms. The van der Waals surface area contributed by atoms with Gasteiger partial charge in [-0.15, -0.1) is 0 Å². The van der Waals surface area contributed by atoms with E-state index in [1.165, 1.54) is 25.3 Å². The van der Waals surface area contributed by atoms with Crippen molar-refractivity contribution in [2.45, 2.75) is 0 Å². The van der Waals surface area contributed by atoms with Crippen LogP contribution in [0.3, 0.4) is 0 Å². The van der Waals surface area contributed by atoms with E-state index in [1.807, 2.05) is 0 Å². The van der Waals surface area contributed by atoms with Crippen molar-refractivity contribution in [2.75, 3.05) is 12.8 Å². The Labute approximate surface area is 140 Å². The molecule has 0 unspecified atom stereocenters. The summed E-state index contributed by atoms with van der Waals surface area (Å²) in [5, 5.41) is 37.1. The van der Waals surface area contributed by atoms with E-state index < -0.39 is 33.9 Å². The van der Waals surface area contributed by atoms with Gasteiger partial charge in [0.15, 0.2) is 5.75 Å². The summed E-state index contributed by atoms with van der Waals surface area (Å²) in [4.78, 5) is 30.8. The zero-order chi connectivity index (χ0) is 19.1. The third-order valence-electron chi connectivity index (χ3n) is 2.91. The number of phenolic OH excluding ortho intramolecular Hbond substituents is 1. The van der Waals surface area contributed by atoms with E-state index in [2.05, 4.69) is 4.74 Å². The second-order valence-electron chi connectivity index (χ2n) is 4.47. The number of aromatic carboxylic acids is 1. The lowest BCUT2D eigenvalue weighted by Gasteiger charge is -2.03. The van der Waals surface area contributed by atoms with E-state index in [0.717, 1.165) is 12.1 Å². The largest absolute Gasteiger partial charge is 0.505 e. The second-order valence-corrected chi connectivity index (χ2v) is 4.47. The molecular formula is C15H14N2O8. The van der Waals surface area contributed by atoms with Crippen LogP contribution in [0.4, 0.5) is 11.4 Å². The number of nitrogens with two attached hydrogens (primary N) is 1. The number of nitrogens with zero attached hydrogens (tertiary/aromatic N) is 1. The van der Waals surface area contributed by atoms with Gasteiger partial charge in [0.1, 0.15) is 11.1 Å². The van der Waals surface area contributed by atoms with Gasteiger partial charge in [-0.05, 0) is 18.2 Å². The molecule has 2 rings (SSSR count). The number of carboxylic acids is 1. The van der Waals surface area contributed by atoms with Gasteiger partial charge in [-0.25, -0.2) is 9.59 Å². The number of para-hydroxylation sites is 2. The third-order valence-corrected chi connectivity index (χ3v) is 2.91. The fraction of sp³-hybridized carbons (Fsp3) is 0.0667. The van der Waals surface area contributed by atoms with Gasteiger partial charge in [0.25, 0.3) is 0 Å². The number of anilines is 1. The summed E-state index contributed by atoms with van der Waals surface area (Å²) >= 11 is 0. The highest BCUT2D eigenvalue weighted by molar-refractivity contribution is 5.94. The Balaban J connectivity index is 0.000000251. The molecule has 0 heterocycles. The number of methoxy groups -OCH3 is 1. The molecule has 25 heavy (non-hydrogen) atoms. The van der Waals surface area contributed by atoms with Crippen molar-refractivity contribution >= 4 is 23.3 Å². The zero-order valence-corrected chi connectivity index (χ0v) is 12.9. The summed E-state index contributed by atoms with van der Waals surface area (Å²) in [6.45, 7) is 0. The lowest BCUT2D eigenvalue weighted by atomic mass is 10.2. The summed E-state index contributed by atoms with van der Waals surface area (Å²) in [5.41, 5.74) is 4.51. The Hall–Kier alpha value is -3.82. The number of phenols is 2. The van der Waals surface area contributed by atoms with Gasteiger partial charge in [-0.3, -0.25) is 10.1 Å². The quantitative estimate of drug-likeness (QED) is 0.211. The number of nitro benzene ring substituents is 1. The predicted octanol–water partition coefficient (Wildman–Crippen LogP) is 1.76. The zero-order valence-electron chi connectivity index (χ0n) is 12.9. The van der Waals surface area contributed by atoms with Gasteiger partial charge in [-0.1, -0.05) is 12.1 Å². The number of ether oxygens (including phenoxy) is 1. The molecule has 10 nitrogen and oxygen atoms in total. The Morgan fingerprint density at radius 1 is 1.08 bits per heavy atom. The first-order chi connectivity index (χ1) is 11.7. The van der Waals surface area contributed by atoms with E-state index in [9.17, 15) is 24.8 Å². The maximum absolute atomic E-state index is 10.9. The average molecular weight is 350 g/mol. The van der Waals surface area contributed by atoms with Crippen molar-refractivity contribution in [3.63, 3.8) is 0 Å². The normalized spacial score (nSPS) is 9.48. The maximum Gasteiger partial charge on any atom is 0.341 e. The van der Waals surface area contributed by atoms with Crippen LogP contribution in [0.2, 0.25) is 0 Å². The van der Waals surface area contributed by atoms with Crippen LogP contribution in [-0.2, 0) is 4.74 Å². The highest BCUT2D eigenvalue weighted by Gasteiger charge is 2.19. The number of nitrogen functional groups attached to an aromatic ring is 1. The monoisotopic (exact) mass is 350 g/mol. The van der Waals surface area contributed by atoms with Gasteiger partial charge >= 0.3 is 17.6 Å². The molecule has 0 radical (unpaired) electrons. The molecule has 2 aromatic carbocycles. The van der Waals surface area contributed by atoms with E-state index in [-0.39, 0.29) is 17.0 Å². The third kappa shape index (κ3) is 4.58. The molecule has 0 atom stereocenters. The Kier molecular flexibility index (Phi) is 6.27. The van der Waals surface area contributed by atoms with Crippen molar-refractivity contribution < 1.29 is 34.6 Å². The van der Waals surface area contributed by atoms with Crippen LogP contribution in [0.15, 0.2) is 36.4 Å². The fourth-order valence-electron chi connectivity index (χ4n) is 1.69. The number of hydrogen-bond acceptors (Lipinski definition) is 8. The maximum atomic E-state index is 10.9. The second kappa shape index (κ2) is 8.15. The number of carboxylic acid groups (broad SMARTS) is 1. The molecule has 0 amide bonds. The Morgan fingerprint density at radius 3 is 2.16 bits per heavy atom. The molecule has 132 valence electrons. The van der Waals surface area contributed by atoms with Crippen LogP contribution in [-0.4, -0.2) is 39.3 Å². The molecule has 0 aromatic heterocycles. The number of hydrogen-bond donors (Lipinski definition) is 4. The summed E-state index contributed by atoms with van der Waals surface area (Å²) in [6, 6.07) is 7.83. The lowest BCUT2D eigenvalue weighted by molar-refractivity contribution is -0.385. The minimum absolute atomic E-state index is 0.0810. The van der Waals surface area contributed by atoms with Crippen LogP contribution in [0, 0.1) is 10.1 Å². The van der Waals surface area contributed by atoms with E-state index >= 15 is 0 Å². The molecule has 0 aliphatic heterocycles. The highest BCUT2D eigenvalue weighted by atomic mass is 16.6. The number of carbonyl (C=O) groups is 2. The Bertz CT molecular complexity index is 787. The van der Waals surface area contributed by atoms with Gasteiger partial charge in [0, 0.05) is 6.07 Å². The standard InChI is InChI=1S/C8H9NO3.C7H5NO5/c1-12-8(11)5-3-2-4-6(9)7(5)10;9-6-4(7(10)11)2-1-3-5(6)8(12)13/h2-4,10H,9H2,1H3;1-3,9H,(H,10,11). The van der Waals surface area contributed by atoms with Crippen molar-refractivity contribution in [1.82, 2.24) is 0 Å². The molecule has 5 N–H and O–H groups in total. The lowest BCUT2D eigenvalue weighted by Crippen LogP contribution is -2.02. The Morgan fingerprint density at radius 2 is 1.64 bits per heavy atom. The predicted molar refractivity (Wildman–Crippen MR) is 85.6 cm³/mol. The van der Waals surface area contributed by atoms with Gasteiger partial charge in [0.2, 0.25) is 5.75 Å². The molecular weight excluding hydrogens is 336 g/mol. The van der Waals surface area contributed by atoms with E-state index in [4.69, 9.17) is 15.9 Å². The fourth-order valence-corrected chi connectivity index (χ4v) is 1.69. The number of carbonyl (C=O) groups excluding carboxylic acids is 1. The first-order valence-corrected chi connectivity index (χ1v) is 6.56. The number of esters is 1. The molecule has 2 aromatic rings. The highest BCUT2D eigenvalue weighted by Crippen LogP contribution is 2.28. The number of benzene rings is 2. The van der Waals surface area contributed by atoms with Crippen molar-refractivity contribution in [3.8, 4) is 11.5 Å². The first kappa shape index (κ1) is 19.2. The minimum Gasteiger partial charge on any atom is -0.505 e. The van der Waals surface area contributed by atoms with Crippen LogP contribution < -0.4 is 5.73 Å². The van der Waals surface area contributed by atoms with Crippen LogP contribution >= 0.6 is 0 Å². The molecule has 0 saturated carbocycles. The average Bonchev–Trinajstić information content (AvgIpc) is 2.57. The van der Waals surface area contributed by atoms with Crippen LogP contribution in [0.5, 0.6) is 11.5 Å². The summed E-state index contributed by atoms with van der Waals surface area (Å²) < 4.78 is 4.42. The summed E-state index contributed by atoms with van der Waals surface area (Å²) in [5.74, 6) is -3.05. The van der Waals surface area contributed by atoms with Crippen LogP contribution in [0.1, 0.15) is 20.7 Å². The van der Waals surface area contributed by atoms with E-state index in [1.54, 1.807) is 6.07 Å². The van der Waals surface area contributed by atoms with Gasteiger partial charge in [-0.2, -0.15) is 0 Å². The molecule has 0 aliphatic rings. The number of rotatable bonds is 3. The van der Waals surface area contributed by atoms with Gasteiger partial charge in [0.05, 0.1) is 17.7 Å².